The van der Waals surface area contributed by atoms with Crippen molar-refractivity contribution >= 4 is 0 Å². The van der Waals surface area contributed by atoms with Crippen molar-refractivity contribution in [2.45, 2.75) is 65.7 Å². The monoisotopic (exact) mass is 221 g/mol. The van der Waals surface area contributed by atoms with Gasteiger partial charge in [0.15, 0.2) is 0 Å². The van der Waals surface area contributed by atoms with Crippen molar-refractivity contribution in [3.63, 3.8) is 0 Å². The van der Waals surface area contributed by atoms with Gasteiger partial charge in [-0.2, -0.15) is 0 Å². The first kappa shape index (κ1) is 13.2. The van der Waals surface area contributed by atoms with E-state index in [0.717, 1.165) is 17.9 Å². The van der Waals surface area contributed by atoms with Gasteiger partial charge >= 0.3 is 11.5 Å². The number of hydrogen-bond donors (Lipinski definition) is 0. The van der Waals surface area contributed by atoms with Crippen LogP contribution in [0.3, 0.4) is 0 Å². The summed E-state index contributed by atoms with van der Waals surface area (Å²) in [4.78, 5) is 0. The van der Waals surface area contributed by atoms with Crippen molar-refractivity contribution in [2.75, 3.05) is 0 Å². The van der Waals surface area contributed by atoms with Gasteiger partial charge in [-0.25, -0.2) is 4.42 Å². The smallest absolute Gasteiger partial charge is 0.217 e. The van der Waals surface area contributed by atoms with Crippen LogP contribution in [0.25, 0.3) is 0 Å². The second-order valence-corrected chi connectivity index (χ2v) is 6.55. The molecule has 0 unspecified atom stereocenters. The molecule has 0 aromatic carbocycles. The van der Waals surface area contributed by atoms with Crippen molar-refractivity contribution < 1.29 is 4.42 Å². The predicted molar refractivity (Wildman–Crippen MR) is 69.9 cm³/mol. The minimum absolute atomic E-state index is 0.0746. The molecule has 0 atom stereocenters. The highest BCUT2D eigenvalue weighted by molar-refractivity contribution is 5.25. The van der Waals surface area contributed by atoms with Crippen LogP contribution in [0, 0.1) is 0 Å². The molecule has 1 nitrogen and oxygen atoms in total. The molecular weight excluding hydrogens is 196 g/mol. The summed E-state index contributed by atoms with van der Waals surface area (Å²) in [6, 6.07) is 4.38. The average molecular weight is 221 g/mol. The predicted octanol–water partition coefficient (Wildman–Crippen LogP) is 4.72. The molecule has 1 aromatic heterocycles. The summed E-state index contributed by atoms with van der Waals surface area (Å²) in [5.74, 6) is 2.16. The maximum Gasteiger partial charge on any atom is 0.334 e. The number of rotatable bonds is 1. The van der Waals surface area contributed by atoms with E-state index in [9.17, 15) is 0 Å². The third-order valence-corrected chi connectivity index (χ3v) is 2.74. The maximum atomic E-state index is 6.05. The highest BCUT2D eigenvalue weighted by atomic mass is 16.3. The van der Waals surface area contributed by atoms with Crippen molar-refractivity contribution in [2.24, 2.45) is 0 Å². The van der Waals surface area contributed by atoms with Gasteiger partial charge in [-0.15, -0.1) is 0 Å². The fourth-order valence-corrected chi connectivity index (χ4v) is 1.50. The van der Waals surface area contributed by atoms with Crippen LogP contribution < -0.4 is 0 Å². The Kier molecular flexibility index (Phi) is 3.47. The minimum Gasteiger partial charge on any atom is -0.217 e. The lowest BCUT2D eigenvalue weighted by Crippen LogP contribution is -2.16. The van der Waals surface area contributed by atoms with Crippen LogP contribution >= 0.6 is 0 Å². The molecule has 16 heavy (non-hydrogen) atoms. The van der Waals surface area contributed by atoms with E-state index in [1.807, 2.05) is 0 Å². The van der Waals surface area contributed by atoms with Crippen molar-refractivity contribution in [3.8, 4) is 0 Å². The van der Waals surface area contributed by atoms with E-state index in [1.54, 1.807) is 0 Å². The van der Waals surface area contributed by atoms with E-state index >= 15 is 0 Å². The van der Waals surface area contributed by atoms with Crippen LogP contribution in [0.2, 0.25) is 0 Å². The van der Waals surface area contributed by atoms with Gasteiger partial charge in [0.05, 0.1) is 10.8 Å². The summed E-state index contributed by atoms with van der Waals surface area (Å²) in [7, 11) is 0. The largest absolute Gasteiger partial charge is 0.334 e. The van der Waals surface area contributed by atoms with Gasteiger partial charge in [0, 0.05) is 12.1 Å². The Morgan fingerprint density at radius 2 is 1.25 bits per heavy atom. The molecule has 0 saturated carbocycles. The minimum atomic E-state index is 0.0746. The highest BCUT2D eigenvalue weighted by Crippen LogP contribution is 2.30. The molecular formula is C15H25O+. The zero-order chi connectivity index (χ0) is 12.6. The fourth-order valence-electron chi connectivity index (χ4n) is 1.50. The number of hydrogen-bond acceptors (Lipinski definition) is 0. The SMILES string of the molecule is CCc1cc(C(C)(C)C)[o+]c(C(C)(C)C)c1. The molecule has 0 radical (unpaired) electrons. The van der Waals surface area contributed by atoms with Gasteiger partial charge in [0.1, 0.15) is 0 Å². The van der Waals surface area contributed by atoms with Crippen molar-refractivity contribution in [1.29, 1.82) is 0 Å². The molecule has 0 spiro atoms. The standard InChI is InChI=1S/C15H25O/c1-8-11-9-12(14(2,3)4)16-13(10-11)15(5,6)7/h9-10H,8H2,1-7H3/q+1. The van der Waals surface area contributed by atoms with E-state index in [2.05, 4.69) is 60.6 Å². The Balaban J connectivity index is 3.33. The molecule has 0 amide bonds. The van der Waals surface area contributed by atoms with Gasteiger partial charge in [0.25, 0.3) is 0 Å². The Morgan fingerprint density at radius 1 is 0.875 bits per heavy atom. The summed E-state index contributed by atoms with van der Waals surface area (Å²) >= 11 is 0. The summed E-state index contributed by atoms with van der Waals surface area (Å²) < 4.78 is 6.05. The zero-order valence-electron chi connectivity index (χ0n) is 11.8. The molecule has 1 rings (SSSR count). The van der Waals surface area contributed by atoms with Gasteiger partial charge in [-0.1, -0.05) is 6.92 Å². The first-order chi connectivity index (χ1) is 7.14. The van der Waals surface area contributed by atoms with E-state index in [0.29, 0.717) is 0 Å². The summed E-state index contributed by atoms with van der Waals surface area (Å²) in [5.41, 5.74) is 1.51. The average Bonchev–Trinajstić information content (AvgIpc) is 2.14. The van der Waals surface area contributed by atoms with E-state index < -0.39 is 0 Å². The van der Waals surface area contributed by atoms with Gasteiger partial charge in [0.2, 0.25) is 0 Å². The second-order valence-electron chi connectivity index (χ2n) is 6.55. The van der Waals surface area contributed by atoms with Crippen LogP contribution in [-0.4, -0.2) is 0 Å². The third kappa shape index (κ3) is 3.07. The Morgan fingerprint density at radius 3 is 1.50 bits per heavy atom. The lowest BCUT2D eigenvalue weighted by molar-refractivity contribution is 0.327. The molecule has 0 N–H and O–H groups in total. The Labute approximate surface area is 99.9 Å². The summed E-state index contributed by atoms with van der Waals surface area (Å²) in [6.07, 6.45) is 1.06. The van der Waals surface area contributed by atoms with Gasteiger partial charge in [-0.3, -0.25) is 0 Å². The van der Waals surface area contributed by atoms with Crippen molar-refractivity contribution in [1.82, 2.24) is 0 Å². The van der Waals surface area contributed by atoms with Crippen LogP contribution in [0.1, 0.15) is 65.6 Å². The lowest BCUT2D eigenvalue weighted by atomic mass is 9.88. The topological polar surface area (TPSA) is 11.3 Å². The van der Waals surface area contributed by atoms with Crippen molar-refractivity contribution in [3.05, 3.63) is 29.2 Å². The number of aryl methyl sites for hydroxylation is 1. The summed E-state index contributed by atoms with van der Waals surface area (Å²) in [5, 5.41) is 0. The molecule has 90 valence electrons. The van der Waals surface area contributed by atoms with Crippen LogP contribution in [0.4, 0.5) is 0 Å². The van der Waals surface area contributed by atoms with E-state index in [-0.39, 0.29) is 10.8 Å². The zero-order valence-corrected chi connectivity index (χ0v) is 11.8. The van der Waals surface area contributed by atoms with Gasteiger partial charge in [-0.05, 0) is 53.5 Å². The Hall–Kier alpha value is -0.850. The van der Waals surface area contributed by atoms with Crippen LogP contribution in [-0.2, 0) is 17.3 Å². The second kappa shape index (κ2) is 4.20. The van der Waals surface area contributed by atoms with E-state index in [4.69, 9.17) is 4.42 Å². The molecule has 0 aliphatic heterocycles. The molecule has 0 aliphatic rings. The molecule has 1 aromatic rings. The Bertz CT molecular complexity index is 332. The van der Waals surface area contributed by atoms with Gasteiger partial charge < -0.3 is 0 Å². The third-order valence-electron chi connectivity index (χ3n) is 2.74. The van der Waals surface area contributed by atoms with Crippen LogP contribution in [0.15, 0.2) is 16.5 Å². The molecule has 0 saturated heterocycles. The maximum absolute atomic E-state index is 6.05. The molecule has 0 aliphatic carbocycles. The highest BCUT2D eigenvalue weighted by Gasteiger charge is 2.33. The van der Waals surface area contributed by atoms with Crippen LogP contribution in [0.5, 0.6) is 0 Å². The normalized spacial score (nSPS) is 12.9. The lowest BCUT2D eigenvalue weighted by Gasteiger charge is -2.14. The fraction of sp³-hybridized carbons (Fsp3) is 0.667. The first-order valence-corrected chi connectivity index (χ1v) is 6.12. The quantitative estimate of drug-likeness (QED) is 0.625. The summed E-state index contributed by atoms with van der Waals surface area (Å²) in [6.45, 7) is 15.3. The molecule has 0 bridgehead atoms. The molecule has 1 heterocycles. The molecule has 1 heteroatoms. The molecule has 0 fully saturated rings. The van der Waals surface area contributed by atoms with E-state index in [1.165, 1.54) is 5.56 Å². The first-order valence-electron chi connectivity index (χ1n) is 6.12.